The van der Waals surface area contributed by atoms with Crippen LogP contribution in [0.4, 0.5) is 18.9 Å². The summed E-state index contributed by atoms with van der Waals surface area (Å²) in [4.78, 5) is 17.0. The van der Waals surface area contributed by atoms with E-state index in [1.807, 2.05) is 0 Å². The Morgan fingerprint density at radius 3 is 2.40 bits per heavy atom. The first-order valence-electron chi connectivity index (χ1n) is 10.2. The SMILES string of the molecule is CCOC(=O)C1=C(O)/C(=C\c2ccc(OC)c(OC)c2OC)SC1=Nc1cccc(C(F)(F)F)c1. The number of rotatable bonds is 7. The summed E-state index contributed by atoms with van der Waals surface area (Å²) in [5.74, 6) is -0.223. The molecule has 186 valence electrons. The van der Waals surface area contributed by atoms with Gasteiger partial charge in [-0.2, -0.15) is 13.2 Å². The minimum absolute atomic E-state index is 0.00836. The lowest BCUT2D eigenvalue weighted by atomic mass is 10.1. The lowest BCUT2D eigenvalue weighted by molar-refractivity contribution is -0.138. The third-order valence-electron chi connectivity index (χ3n) is 4.80. The van der Waals surface area contributed by atoms with Gasteiger partial charge >= 0.3 is 12.1 Å². The number of halogens is 3. The highest BCUT2D eigenvalue weighted by molar-refractivity contribution is 8.18. The summed E-state index contributed by atoms with van der Waals surface area (Å²) in [7, 11) is 4.35. The van der Waals surface area contributed by atoms with Crippen molar-refractivity contribution in [1.29, 1.82) is 0 Å². The van der Waals surface area contributed by atoms with E-state index in [1.54, 1.807) is 19.1 Å². The Morgan fingerprint density at radius 1 is 1.09 bits per heavy atom. The van der Waals surface area contributed by atoms with E-state index in [-0.39, 0.29) is 27.8 Å². The van der Waals surface area contributed by atoms with Gasteiger partial charge < -0.3 is 24.1 Å². The third kappa shape index (κ3) is 5.56. The van der Waals surface area contributed by atoms with E-state index in [2.05, 4.69) is 4.99 Å². The van der Waals surface area contributed by atoms with Gasteiger partial charge in [-0.1, -0.05) is 17.8 Å². The smallest absolute Gasteiger partial charge is 0.416 e. The molecule has 0 bridgehead atoms. The van der Waals surface area contributed by atoms with E-state index in [0.717, 1.165) is 23.9 Å². The molecule has 0 saturated heterocycles. The Morgan fingerprint density at radius 2 is 1.80 bits per heavy atom. The van der Waals surface area contributed by atoms with Crippen molar-refractivity contribution in [3.63, 3.8) is 0 Å². The molecule has 2 aromatic rings. The highest BCUT2D eigenvalue weighted by Gasteiger charge is 2.34. The average molecular weight is 510 g/mol. The highest BCUT2D eigenvalue weighted by atomic mass is 32.2. The number of carbonyl (C=O) groups is 1. The number of aliphatic hydroxyl groups excluding tert-OH is 1. The van der Waals surface area contributed by atoms with Gasteiger partial charge in [-0.25, -0.2) is 9.79 Å². The van der Waals surface area contributed by atoms with E-state index < -0.39 is 23.5 Å². The van der Waals surface area contributed by atoms with Crippen LogP contribution >= 0.6 is 11.8 Å². The molecule has 0 atom stereocenters. The van der Waals surface area contributed by atoms with Crippen molar-refractivity contribution in [1.82, 2.24) is 0 Å². The Bertz CT molecular complexity index is 1220. The monoisotopic (exact) mass is 509 g/mol. The van der Waals surface area contributed by atoms with Crippen LogP contribution < -0.4 is 14.2 Å². The molecule has 35 heavy (non-hydrogen) atoms. The number of alkyl halides is 3. The Kier molecular flexibility index (Phi) is 8.00. The van der Waals surface area contributed by atoms with Gasteiger partial charge in [0, 0.05) is 5.56 Å². The molecule has 0 aromatic heterocycles. The fourth-order valence-corrected chi connectivity index (χ4v) is 4.27. The summed E-state index contributed by atoms with van der Waals surface area (Å²) in [6.07, 6.45) is -3.02. The molecule has 1 aliphatic rings. The number of methoxy groups -OCH3 is 3. The van der Waals surface area contributed by atoms with Crippen molar-refractivity contribution in [2.24, 2.45) is 4.99 Å². The summed E-state index contributed by atoms with van der Waals surface area (Å²) in [5, 5.41) is 10.9. The van der Waals surface area contributed by atoms with Gasteiger partial charge in [0.1, 0.15) is 16.4 Å². The summed E-state index contributed by atoms with van der Waals surface area (Å²) >= 11 is 0.904. The van der Waals surface area contributed by atoms with Crippen molar-refractivity contribution in [2.75, 3.05) is 27.9 Å². The molecule has 11 heteroatoms. The first-order chi connectivity index (χ1) is 16.6. The minimum Gasteiger partial charge on any atom is -0.506 e. The van der Waals surface area contributed by atoms with Crippen molar-refractivity contribution in [3.8, 4) is 17.2 Å². The number of esters is 1. The molecule has 0 aliphatic carbocycles. The fraction of sp³-hybridized carbons (Fsp3) is 0.250. The van der Waals surface area contributed by atoms with Gasteiger partial charge in [0.2, 0.25) is 5.75 Å². The molecule has 1 heterocycles. The summed E-state index contributed by atoms with van der Waals surface area (Å²) in [6, 6.07) is 7.64. The summed E-state index contributed by atoms with van der Waals surface area (Å²) in [6.45, 7) is 1.62. The molecule has 7 nitrogen and oxygen atoms in total. The number of benzene rings is 2. The lowest BCUT2D eigenvalue weighted by Gasteiger charge is -2.14. The number of aliphatic imine (C=N–C) groups is 1. The Balaban J connectivity index is 2.12. The van der Waals surface area contributed by atoms with Gasteiger partial charge in [-0.15, -0.1) is 0 Å². The molecule has 0 unspecified atom stereocenters. The summed E-state index contributed by atoms with van der Waals surface area (Å²) < 4.78 is 60.5. The van der Waals surface area contributed by atoms with Crippen LogP contribution in [-0.2, 0) is 15.7 Å². The fourth-order valence-electron chi connectivity index (χ4n) is 3.24. The maximum absolute atomic E-state index is 13.1. The molecular formula is C24H22F3NO6S. The second-order valence-electron chi connectivity index (χ2n) is 6.94. The van der Waals surface area contributed by atoms with Crippen molar-refractivity contribution in [2.45, 2.75) is 13.1 Å². The predicted octanol–water partition coefficient (Wildman–Crippen LogP) is 5.92. The molecule has 2 aromatic carbocycles. The maximum Gasteiger partial charge on any atom is 0.416 e. The summed E-state index contributed by atoms with van der Waals surface area (Å²) in [5.41, 5.74) is -0.691. The second-order valence-corrected chi connectivity index (χ2v) is 7.97. The van der Waals surface area contributed by atoms with Gasteiger partial charge in [-0.05, 0) is 43.3 Å². The minimum atomic E-state index is -4.56. The van der Waals surface area contributed by atoms with Crippen LogP contribution in [0.1, 0.15) is 18.1 Å². The average Bonchev–Trinajstić information content (AvgIpc) is 3.12. The number of carbonyl (C=O) groups excluding carboxylic acids is 1. The number of nitrogens with zero attached hydrogens (tertiary/aromatic N) is 1. The van der Waals surface area contributed by atoms with Crippen molar-refractivity contribution in [3.05, 3.63) is 63.8 Å². The standard InChI is InChI=1S/C24H22F3NO6S/c1-5-34-23(30)18-19(29)17(11-13-9-10-16(31-2)21(33-4)20(13)32-3)35-22(18)28-15-8-6-7-14(12-15)24(25,26)27/h6-12,29H,5H2,1-4H3/b17-11+,28-22?. The first-order valence-corrected chi connectivity index (χ1v) is 11.0. The van der Waals surface area contributed by atoms with Gasteiger partial charge in [0.15, 0.2) is 11.5 Å². The van der Waals surface area contributed by atoms with Gasteiger partial charge in [0.05, 0.1) is 44.1 Å². The molecule has 0 spiro atoms. The molecule has 0 saturated carbocycles. The Labute approximate surface area is 203 Å². The molecular weight excluding hydrogens is 487 g/mol. The van der Waals surface area contributed by atoms with Crippen LogP contribution in [0.3, 0.4) is 0 Å². The van der Waals surface area contributed by atoms with Crippen molar-refractivity contribution >= 4 is 34.5 Å². The van der Waals surface area contributed by atoms with Crippen LogP contribution in [0.15, 0.2) is 57.6 Å². The predicted molar refractivity (Wildman–Crippen MR) is 126 cm³/mol. The number of aliphatic hydroxyl groups is 1. The highest BCUT2D eigenvalue weighted by Crippen LogP contribution is 2.45. The Hall–Kier alpha value is -3.60. The number of thioether (sulfide) groups is 1. The van der Waals surface area contributed by atoms with Crippen LogP contribution in [0, 0.1) is 0 Å². The normalized spacial score (nSPS) is 16.1. The quantitative estimate of drug-likeness (QED) is 0.464. The lowest BCUT2D eigenvalue weighted by Crippen LogP contribution is -2.13. The second kappa shape index (κ2) is 10.8. The molecule has 1 aliphatic heterocycles. The van der Waals surface area contributed by atoms with E-state index >= 15 is 0 Å². The van der Waals surface area contributed by atoms with Gasteiger partial charge in [-0.3, -0.25) is 0 Å². The first kappa shape index (κ1) is 26.0. The third-order valence-corrected chi connectivity index (χ3v) is 5.82. The van der Waals surface area contributed by atoms with Crippen LogP contribution in [0.5, 0.6) is 17.2 Å². The number of ether oxygens (including phenoxy) is 4. The van der Waals surface area contributed by atoms with E-state index in [4.69, 9.17) is 18.9 Å². The molecule has 0 fully saturated rings. The topological polar surface area (TPSA) is 86.6 Å². The maximum atomic E-state index is 13.1. The molecule has 3 rings (SSSR count). The largest absolute Gasteiger partial charge is 0.506 e. The van der Waals surface area contributed by atoms with Crippen molar-refractivity contribution < 1.29 is 42.0 Å². The van der Waals surface area contributed by atoms with E-state index in [0.29, 0.717) is 22.8 Å². The number of hydrogen-bond acceptors (Lipinski definition) is 8. The zero-order valence-corrected chi connectivity index (χ0v) is 20.0. The van der Waals surface area contributed by atoms with E-state index in [9.17, 15) is 23.1 Å². The number of hydrogen-bond donors (Lipinski definition) is 1. The van der Waals surface area contributed by atoms with E-state index in [1.165, 1.54) is 39.5 Å². The van der Waals surface area contributed by atoms with Crippen LogP contribution in [0.2, 0.25) is 0 Å². The molecule has 1 N–H and O–H groups in total. The zero-order chi connectivity index (χ0) is 25.8. The van der Waals surface area contributed by atoms with Crippen LogP contribution in [-0.4, -0.2) is 44.1 Å². The zero-order valence-electron chi connectivity index (χ0n) is 19.2. The van der Waals surface area contributed by atoms with Crippen LogP contribution in [0.25, 0.3) is 6.08 Å². The van der Waals surface area contributed by atoms with Gasteiger partial charge in [0.25, 0.3) is 0 Å². The molecule has 0 radical (unpaired) electrons. The molecule has 0 amide bonds.